The molecule has 1 unspecified atom stereocenters. The van der Waals surface area contributed by atoms with Crippen molar-refractivity contribution >= 4 is 28.8 Å². The first-order valence-electron chi connectivity index (χ1n) is 8.69. The van der Waals surface area contributed by atoms with Gasteiger partial charge < -0.3 is 10.6 Å². The van der Waals surface area contributed by atoms with Crippen molar-refractivity contribution in [3.05, 3.63) is 52.2 Å². The number of carbonyl (C=O) groups is 2. The third-order valence-corrected chi connectivity index (χ3v) is 5.64. The SMILES string of the molecule is O=C(NC1CCN(C2CC2)C1)c1ccc(NC(=O)c2cccs2)cc1. The minimum absolute atomic E-state index is 0.0428. The summed E-state index contributed by atoms with van der Waals surface area (Å²) in [5.41, 5.74) is 1.31. The number of rotatable bonds is 5. The Morgan fingerprint density at radius 1 is 1.04 bits per heavy atom. The summed E-state index contributed by atoms with van der Waals surface area (Å²) >= 11 is 1.40. The third-order valence-electron chi connectivity index (χ3n) is 4.77. The first kappa shape index (κ1) is 16.3. The van der Waals surface area contributed by atoms with Gasteiger partial charge in [0.05, 0.1) is 4.88 Å². The maximum absolute atomic E-state index is 12.4. The van der Waals surface area contributed by atoms with Crippen molar-refractivity contribution in [2.45, 2.75) is 31.3 Å². The summed E-state index contributed by atoms with van der Waals surface area (Å²) in [6, 6.07) is 11.7. The van der Waals surface area contributed by atoms with Gasteiger partial charge in [0.1, 0.15) is 0 Å². The highest BCUT2D eigenvalue weighted by atomic mass is 32.1. The van der Waals surface area contributed by atoms with Crippen LogP contribution in [0.25, 0.3) is 0 Å². The van der Waals surface area contributed by atoms with E-state index in [1.807, 2.05) is 11.4 Å². The lowest BCUT2D eigenvalue weighted by Gasteiger charge is -2.16. The van der Waals surface area contributed by atoms with Gasteiger partial charge in [-0.1, -0.05) is 6.07 Å². The summed E-state index contributed by atoms with van der Waals surface area (Å²) in [5, 5.41) is 7.84. The van der Waals surface area contributed by atoms with Crippen LogP contribution in [-0.2, 0) is 0 Å². The number of carbonyl (C=O) groups excluding carboxylic acids is 2. The second-order valence-electron chi connectivity index (χ2n) is 6.69. The Labute approximate surface area is 151 Å². The Hall–Kier alpha value is -2.18. The molecule has 130 valence electrons. The fourth-order valence-electron chi connectivity index (χ4n) is 3.25. The van der Waals surface area contributed by atoms with Gasteiger partial charge in [0.15, 0.2) is 0 Å². The molecule has 25 heavy (non-hydrogen) atoms. The standard InChI is InChI=1S/C19H21N3O2S/c23-18(21-15-9-10-22(12-15)16-7-8-16)13-3-5-14(6-4-13)20-19(24)17-2-1-11-25-17/h1-6,11,15-16H,7-10,12H2,(H,20,24)(H,21,23). The number of hydrogen-bond donors (Lipinski definition) is 2. The molecule has 4 rings (SSSR count). The molecule has 2 N–H and O–H groups in total. The first-order chi connectivity index (χ1) is 12.2. The topological polar surface area (TPSA) is 61.4 Å². The molecule has 1 aliphatic carbocycles. The molecule has 2 amide bonds. The molecule has 0 radical (unpaired) electrons. The van der Waals surface area contributed by atoms with Gasteiger partial charge in [-0.25, -0.2) is 0 Å². The van der Waals surface area contributed by atoms with Crippen molar-refractivity contribution in [2.75, 3.05) is 18.4 Å². The number of hydrogen-bond acceptors (Lipinski definition) is 4. The quantitative estimate of drug-likeness (QED) is 0.867. The van der Waals surface area contributed by atoms with Crippen LogP contribution in [0.5, 0.6) is 0 Å². The Bertz CT molecular complexity index is 753. The second-order valence-corrected chi connectivity index (χ2v) is 7.64. The molecule has 0 bridgehead atoms. The molecule has 1 aromatic heterocycles. The Morgan fingerprint density at radius 2 is 1.84 bits per heavy atom. The van der Waals surface area contributed by atoms with Gasteiger partial charge in [-0.3, -0.25) is 14.5 Å². The van der Waals surface area contributed by atoms with Crippen LogP contribution in [0.3, 0.4) is 0 Å². The van der Waals surface area contributed by atoms with E-state index in [4.69, 9.17) is 0 Å². The number of nitrogens with one attached hydrogen (secondary N) is 2. The van der Waals surface area contributed by atoms with Crippen LogP contribution in [-0.4, -0.2) is 41.9 Å². The van der Waals surface area contributed by atoms with Crippen LogP contribution in [0.15, 0.2) is 41.8 Å². The van der Waals surface area contributed by atoms with Crippen LogP contribution < -0.4 is 10.6 Å². The van der Waals surface area contributed by atoms with Crippen LogP contribution in [0, 0.1) is 0 Å². The number of likely N-dealkylation sites (tertiary alicyclic amines) is 1. The summed E-state index contributed by atoms with van der Waals surface area (Å²) < 4.78 is 0. The molecule has 1 atom stereocenters. The molecule has 1 aliphatic heterocycles. The van der Waals surface area contributed by atoms with Crippen molar-refractivity contribution in [2.24, 2.45) is 0 Å². The fourth-order valence-corrected chi connectivity index (χ4v) is 3.87. The monoisotopic (exact) mass is 355 g/mol. The smallest absolute Gasteiger partial charge is 0.265 e. The third kappa shape index (κ3) is 3.91. The molecule has 0 spiro atoms. The van der Waals surface area contributed by atoms with Crippen LogP contribution in [0.2, 0.25) is 0 Å². The average Bonchev–Trinajstić information content (AvgIpc) is 3.12. The molecule has 2 aromatic rings. The van der Waals surface area contributed by atoms with E-state index in [2.05, 4.69) is 15.5 Å². The Morgan fingerprint density at radius 3 is 2.52 bits per heavy atom. The molecule has 1 aromatic carbocycles. The maximum atomic E-state index is 12.4. The zero-order valence-corrected chi connectivity index (χ0v) is 14.7. The van der Waals surface area contributed by atoms with Crippen molar-refractivity contribution in [1.82, 2.24) is 10.2 Å². The molecule has 5 nitrogen and oxygen atoms in total. The molecule has 2 aliphatic rings. The van der Waals surface area contributed by atoms with E-state index in [9.17, 15) is 9.59 Å². The number of amides is 2. The van der Waals surface area contributed by atoms with Crippen molar-refractivity contribution < 1.29 is 9.59 Å². The number of anilines is 1. The molecular formula is C19H21N3O2S. The number of nitrogens with zero attached hydrogens (tertiary/aromatic N) is 1. The zero-order chi connectivity index (χ0) is 17.2. The lowest BCUT2D eigenvalue weighted by atomic mass is 10.1. The van der Waals surface area contributed by atoms with Crippen LogP contribution in [0.1, 0.15) is 39.3 Å². The number of thiophene rings is 1. The van der Waals surface area contributed by atoms with Gasteiger partial charge in [-0.15, -0.1) is 11.3 Å². The minimum atomic E-state index is -0.127. The van der Waals surface area contributed by atoms with Crippen LogP contribution in [0.4, 0.5) is 5.69 Å². The molecule has 2 fully saturated rings. The van der Waals surface area contributed by atoms with Gasteiger partial charge in [0, 0.05) is 36.4 Å². The van der Waals surface area contributed by atoms with Gasteiger partial charge in [-0.05, 0) is 55.0 Å². The zero-order valence-electron chi connectivity index (χ0n) is 13.9. The molecule has 1 saturated carbocycles. The van der Waals surface area contributed by atoms with Gasteiger partial charge >= 0.3 is 0 Å². The Kier molecular flexibility index (Phi) is 4.55. The van der Waals surface area contributed by atoms with Crippen molar-refractivity contribution in [1.29, 1.82) is 0 Å². The predicted molar refractivity (Wildman–Crippen MR) is 99.2 cm³/mol. The lowest BCUT2D eigenvalue weighted by Crippen LogP contribution is -2.37. The molecule has 2 heterocycles. The fraction of sp³-hybridized carbons (Fsp3) is 0.368. The lowest BCUT2D eigenvalue weighted by molar-refractivity contribution is 0.0937. The summed E-state index contributed by atoms with van der Waals surface area (Å²) in [6.07, 6.45) is 3.63. The highest BCUT2D eigenvalue weighted by molar-refractivity contribution is 7.12. The summed E-state index contributed by atoms with van der Waals surface area (Å²) in [4.78, 5) is 27.6. The van der Waals surface area contributed by atoms with E-state index >= 15 is 0 Å². The van der Waals surface area contributed by atoms with E-state index in [0.717, 1.165) is 25.6 Å². The minimum Gasteiger partial charge on any atom is -0.348 e. The van der Waals surface area contributed by atoms with E-state index < -0.39 is 0 Å². The van der Waals surface area contributed by atoms with Crippen molar-refractivity contribution in [3.8, 4) is 0 Å². The van der Waals surface area contributed by atoms with E-state index in [1.165, 1.54) is 24.2 Å². The molecule has 6 heteroatoms. The molecule has 1 saturated heterocycles. The van der Waals surface area contributed by atoms with Gasteiger partial charge in [-0.2, -0.15) is 0 Å². The van der Waals surface area contributed by atoms with E-state index in [-0.39, 0.29) is 17.9 Å². The second kappa shape index (κ2) is 6.98. The largest absolute Gasteiger partial charge is 0.348 e. The highest BCUT2D eigenvalue weighted by Crippen LogP contribution is 2.29. The van der Waals surface area contributed by atoms with E-state index in [0.29, 0.717) is 16.1 Å². The summed E-state index contributed by atoms with van der Waals surface area (Å²) in [5.74, 6) is -0.169. The van der Waals surface area contributed by atoms with Crippen LogP contribution >= 0.6 is 11.3 Å². The Balaban J connectivity index is 1.32. The van der Waals surface area contributed by atoms with Gasteiger partial charge in [0.25, 0.3) is 11.8 Å². The normalized spacial score (nSPS) is 20.4. The average molecular weight is 355 g/mol. The first-order valence-corrected chi connectivity index (χ1v) is 9.57. The molecular weight excluding hydrogens is 334 g/mol. The van der Waals surface area contributed by atoms with Crippen molar-refractivity contribution in [3.63, 3.8) is 0 Å². The summed E-state index contributed by atoms with van der Waals surface area (Å²) in [6.45, 7) is 2.05. The number of benzene rings is 1. The predicted octanol–water partition coefficient (Wildman–Crippen LogP) is 2.97. The summed E-state index contributed by atoms with van der Waals surface area (Å²) in [7, 11) is 0. The van der Waals surface area contributed by atoms with Gasteiger partial charge in [0.2, 0.25) is 0 Å². The maximum Gasteiger partial charge on any atom is 0.265 e. The van der Waals surface area contributed by atoms with E-state index in [1.54, 1.807) is 30.3 Å². The highest BCUT2D eigenvalue weighted by Gasteiger charge is 2.34.